The van der Waals surface area contributed by atoms with Crippen molar-refractivity contribution in [2.45, 2.75) is 37.6 Å². The van der Waals surface area contributed by atoms with Crippen molar-refractivity contribution in [2.75, 3.05) is 6.54 Å². The first-order chi connectivity index (χ1) is 15.5. The number of phenols is 1. The van der Waals surface area contributed by atoms with Gasteiger partial charge in [0.2, 0.25) is 5.16 Å². The molecule has 1 amide bonds. The van der Waals surface area contributed by atoms with Crippen LogP contribution in [-0.2, 0) is 12.2 Å². The lowest BCUT2D eigenvalue weighted by atomic mass is 10.1. The van der Waals surface area contributed by atoms with Crippen molar-refractivity contribution in [2.24, 2.45) is 0 Å². The van der Waals surface area contributed by atoms with Crippen molar-refractivity contribution in [3.63, 3.8) is 0 Å². The molecule has 8 heteroatoms. The summed E-state index contributed by atoms with van der Waals surface area (Å²) in [6.45, 7) is 4.50. The van der Waals surface area contributed by atoms with Crippen LogP contribution < -0.4 is 5.32 Å². The average Bonchev–Trinajstić information content (AvgIpc) is 3.20. The van der Waals surface area contributed by atoms with E-state index < -0.39 is 0 Å². The van der Waals surface area contributed by atoms with E-state index in [1.807, 2.05) is 56.3 Å². The second-order valence-corrected chi connectivity index (χ2v) is 8.56. The van der Waals surface area contributed by atoms with Crippen molar-refractivity contribution in [1.82, 2.24) is 24.9 Å². The van der Waals surface area contributed by atoms with E-state index in [1.54, 1.807) is 16.6 Å². The third-order valence-electron chi connectivity index (χ3n) is 5.08. The molecule has 7 nitrogen and oxygen atoms in total. The molecule has 0 aliphatic carbocycles. The highest BCUT2D eigenvalue weighted by Gasteiger charge is 2.13. The summed E-state index contributed by atoms with van der Waals surface area (Å²) in [5, 5.41) is 17.5. The molecule has 2 aromatic carbocycles. The van der Waals surface area contributed by atoms with Crippen LogP contribution in [0.2, 0.25) is 0 Å². The number of thioether (sulfide) groups is 1. The summed E-state index contributed by atoms with van der Waals surface area (Å²) in [6, 6.07) is 16.7. The average molecular weight is 448 g/mol. The number of aryl methyl sites for hydroxylation is 3. The molecule has 0 saturated heterocycles. The van der Waals surface area contributed by atoms with Crippen LogP contribution in [0.4, 0.5) is 0 Å². The second kappa shape index (κ2) is 9.82. The summed E-state index contributed by atoms with van der Waals surface area (Å²) in [5.74, 6) is 1.36. The number of hydrogen-bond donors (Lipinski definition) is 2. The maximum absolute atomic E-state index is 12.8. The van der Waals surface area contributed by atoms with Crippen molar-refractivity contribution < 1.29 is 9.90 Å². The molecular weight excluding hydrogens is 422 g/mol. The van der Waals surface area contributed by atoms with Crippen LogP contribution >= 0.6 is 11.8 Å². The van der Waals surface area contributed by atoms with E-state index in [4.69, 9.17) is 0 Å². The van der Waals surface area contributed by atoms with Crippen LogP contribution in [0.25, 0.3) is 5.78 Å². The van der Waals surface area contributed by atoms with Gasteiger partial charge in [-0.1, -0.05) is 42.1 Å². The van der Waals surface area contributed by atoms with Crippen LogP contribution in [0.1, 0.15) is 39.3 Å². The quantitative estimate of drug-likeness (QED) is 0.312. The summed E-state index contributed by atoms with van der Waals surface area (Å²) in [4.78, 5) is 21.7. The van der Waals surface area contributed by atoms with E-state index in [0.29, 0.717) is 28.8 Å². The molecule has 4 rings (SSSR count). The number of phenolic OH excluding ortho intramolecular Hbond substituents is 1. The molecule has 0 saturated carbocycles. The van der Waals surface area contributed by atoms with Gasteiger partial charge in [-0.15, -0.1) is 5.10 Å². The van der Waals surface area contributed by atoms with Crippen molar-refractivity contribution in [3.8, 4) is 5.75 Å². The summed E-state index contributed by atoms with van der Waals surface area (Å²) in [6.07, 6.45) is 1.66. The number of fused-ring (bicyclic) bond motifs is 1. The summed E-state index contributed by atoms with van der Waals surface area (Å²) in [7, 11) is 0. The molecular formula is C24H25N5O2S. The number of rotatable bonds is 8. The molecule has 0 fully saturated rings. The fourth-order valence-corrected chi connectivity index (χ4v) is 4.29. The van der Waals surface area contributed by atoms with Crippen LogP contribution in [0.15, 0.2) is 59.8 Å². The van der Waals surface area contributed by atoms with E-state index in [9.17, 15) is 9.90 Å². The zero-order chi connectivity index (χ0) is 22.5. The predicted molar refractivity (Wildman–Crippen MR) is 125 cm³/mol. The Kier molecular flexibility index (Phi) is 6.70. The van der Waals surface area contributed by atoms with Gasteiger partial charge in [-0.05, 0) is 62.1 Å². The van der Waals surface area contributed by atoms with Gasteiger partial charge >= 0.3 is 0 Å². The molecule has 0 spiro atoms. The Morgan fingerprint density at radius 2 is 1.88 bits per heavy atom. The number of amides is 1. The number of hydrogen-bond acceptors (Lipinski definition) is 6. The van der Waals surface area contributed by atoms with Crippen LogP contribution in [0, 0.1) is 13.8 Å². The summed E-state index contributed by atoms with van der Waals surface area (Å²) >= 11 is 1.49. The Morgan fingerprint density at radius 3 is 2.69 bits per heavy atom. The Bertz CT molecular complexity index is 1240. The molecule has 0 bridgehead atoms. The molecule has 164 valence electrons. The minimum Gasteiger partial charge on any atom is -0.508 e. The first-order valence-corrected chi connectivity index (χ1v) is 11.5. The van der Waals surface area contributed by atoms with Crippen LogP contribution in [0.5, 0.6) is 5.75 Å². The number of benzene rings is 2. The molecule has 0 aliphatic heterocycles. The number of carbonyl (C=O) groups is 1. The van der Waals surface area contributed by atoms with Gasteiger partial charge in [0.05, 0.1) is 0 Å². The number of aromatic hydroxyl groups is 1. The Labute approximate surface area is 190 Å². The first-order valence-electron chi connectivity index (χ1n) is 10.5. The summed E-state index contributed by atoms with van der Waals surface area (Å²) < 4.78 is 1.74. The third kappa shape index (κ3) is 5.26. The zero-order valence-corrected chi connectivity index (χ0v) is 18.9. The predicted octanol–water partition coefficient (Wildman–Crippen LogP) is 4.10. The van der Waals surface area contributed by atoms with Gasteiger partial charge in [0.25, 0.3) is 11.7 Å². The fourth-order valence-electron chi connectivity index (χ4n) is 3.47. The SMILES string of the molecule is Cc1cc(C)n2nc(SCc3ccccc3C(=O)NCCCc3ccc(O)cc3)nc2n1. The molecule has 0 unspecified atom stereocenters. The molecule has 0 radical (unpaired) electrons. The van der Waals surface area contributed by atoms with Crippen LogP contribution in [-0.4, -0.2) is 37.1 Å². The maximum Gasteiger partial charge on any atom is 0.253 e. The van der Waals surface area contributed by atoms with E-state index in [1.165, 1.54) is 11.8 Å². The normalized spacial score (nSPS) is 11.1. The Hall–Kier alpha value is -3.39. The van der Waals surface area contributed by atoms with Crippen molar-refractivity contribution in [3.05, 3.63) is 82.7 Å². The van der Waals surface area contributed by atoms with Crippen LogP contribution in [0.3, 0.4) is 0 Å². The highest BCUT2D eigenvalue weighted by atomic mass is 32.2. The Morgan fingerprint density at radius 1 is 1.09 bits per heavy atom. The van der Waals surface area contributed by atoms with Crippen molar-refractivity contribution >= 4 is 23.4 Å². The molecule has 0 atom stereocenters. The van der Waals surface area contributed by atoms with E-state index in [2.05, 4.69) is 20.4 Å². The lowest BCUT2D eigenvalue weighted by Gasteiger charge is -2.09. The lowest BCUT2D eigenvalue weighted by Crippen LogP contribution is -2.25. The van der Waals surface area contributed by atoms with Gasteiger partial charge in [0.1, 0.15) is 5.75 Å². The van der Waals surface area contributed by atoms with E-state index >= 15 is 0 Å². The van der Waals surface area contributed by atoms with Gasteiger partial charge in [-0.3, -0.25) is 4.79 Å². The van der Waals surface area contributed by atoms with Crippen molar-refractivity contribution in [1.29, 1.82) is 0 Å². The topological polar surface area (TPSA) is 92.4 Å². The van der Waals surface area contributed by atoms with E-state index in [0.717, 1.165) is 35.4 Å². The first kappa shape index (κ1) is 21.8. The van der Waals surface area contributed by atoms with Gasteiger partial charge in [0, 0.05) is 29.2 Å². The molecule has 2 aromatic heterocycles. The standard InChI is InChI=1S/C24H25N5O2S/c1-16-14-17(2)29-23(26-16)27-24(28-29)32-15-19-7-3-4-8-21(19)22(31)25-13-5-6-18-9-11-20(30)12-10-18/h3-4,7-12,14,30H,5-6,13,15H2,1-2H3,(H,25,31). The van der Waals surface area contributed by atoms with Gasteiger partial charge < -0.3 is 10.4 Å². The minimum absolute atomic E-state index is 0.0806. The molecule has 0 aliphatic rings. The van der Waals surface area contributed by atoms with Gasteiger partial charge in [-0.25, -0.2) is 9.50 Å². The number of nitrogens with one attached hydrogen (secondary N) is 1. The summed E-state index contributed by atoms with van der Waals surface area (Å²) in [5.41, 5.74) is 4.63. The number of carbonyl (C=O) groups excluding carboxylic acids is 1. The monoisotopic (exact) mass is 447 g/mol. The molecule has 32 heavy (non-hydrogen) atoms. The fraction of sp³-hybridized carbons (Fsp3) is 0.250. The number of aromatic nitrogens is 4. The largest absolute Gasteiger partial charge is 0.508 e. The smallest absolute Gasteiger partial charge is 0.253 e. The van der Waals surface area contributed by atoms with Gasteiger partial charge in [0.15, 0.2) is 0 Å². The van der Waals surface area contributed by atoms with Gasteiger partial charge in [-0.2, -0.15) is 4.98 Å². The number of nitrogens with zero attached hydrogens (tertiary/aromatic N) is 4. The molecule has 4 aromatic rings. The molecule has 2 N–H and O–H groups in total. The lowest BCUT2D eigenvalue weighted by molar-refractivity contribution is 0.0952. The molecule has 2 heterocycles. The highest BCUT2D eigenvalue weighted by molar-refractivity contribution is 7.98. The van der Waals surface area contributed by atoms with E-state index in [-0.39, 0.29) is 11.7 Å². The minimum atomic E-state index is -0.0806. The Balaban J connectivity index is 1.35. The third-order valence-corrected chi connectivity index (χ3v) is 5.97. The second-order valence-electron chi connectivity index (χ2n) is 7.62. The maximum atomic E-state index is 12.8. The highest BCUT2D eigenvalue weighted by Crippen LogP contribution is 2.23. The zero-order valence-electron chi connectivity index (χ0n) is 18.1.